The Balaban J connectivity index is 0.000000886. The van der Waals surface area contributed by atoms with Gasteiger partial charge in [0.1, 0.15) is 0 Å². The number of halogens is 4. The number of rotatable bonds is 6. The third-order valence-corrected chi connectivity index (χ3v) is 6.18. The molecule has 0 aromatic heterocycles. The van der Waals surface area contributed by atoms with Crippen molar-refractivity contribution < 1.29 is 27.9 Å². The summed E-state index contributed by atoms with van der Waals surface area (Å²) >= 11 is 5.91. The number of nitrogens with zero attached hydrogens (tertiary/aromatic N) is 2. The van der Waals surface area contributed by atoms with Crippen LogP contribution in [0.3, 0.4) is 0 Å². The molecule has 4 rings (SSSR count). The van der Waals surface area contributed by atoms with Crippen molar-refractivity contribution in [2.75, 3.05) is 37.6 Å². The van der Waals surface area contributed by atoms with E-state index < -0.39 is 17.7 Å². The molecule has 0 radical (unpaired) electrons. The first-order valence-electron chi connectivity index (χ1n) is 11.8. The second kappa shape index (κ2) is 12.7. The highest BCUT2D eigenvalue weighted by molar-refractivity contribution is 6.30. The molecule has 0 aliphatic carbocycles. The Morgan fingerprint density at radius 1 is 0.892 bits per heavy atom. The molecule has 5 nitrogen and oxygen atoms in total. The van der Waals surface area contributed by atoms with Crippen molar-refractivity contribution in [1.82, 2.24) is 4.90 Å². The van der Waals surface area contributed by atoms with E-state index in [-0.39, 0.29) is 5.78 Å². The van der Waals surface area contributed by atoms with Crippen molar-refractivity contribution in [1.29, 1.82) is 0 Å². The molecule has 37 heavy (non-hydrogen) atoms. The Labute approximate surface area is 219 Å². The SMILES string of the molecule is CC(=O)O.O=C(c1ccc(Cl)cc1)c1cccc(CCN2CCN(c3cccc(C(F)(F)F)c3)CC2)c1. The number of carboxylic acid groups (broad SMARTS) is 1. The smallest absolute Gasteiger partial charge is 0.416 e. The van der Waals surface area contributed by atoms with Gasteiger partial charge in [0.15, 0.2) is 5.78 Å². The summed E-state index contributed by atoms with van der Waals surface area (Å²) in [6.07, 6.45) is -3.54. The van der Waals surface area contributed by atoms with Crippen LogP contribution in [0.15, 0.2) is 72.8 Å². The maximum atomic E-state index is 13.0. The van der Waals surface area contributed by atoms with E-state index in [2.05, 4.69) is 4.90 Å². The first-order chi connectivity index (χ1) is 17.5. The Morgan fingerprint density at radius 2 is 1.51 bits per heavy atom. The van der Waals surface area contributed by atoms with Gasteiger partial charge >= 0.3 is 6.18 Å². The van der Waals surface area contributed by atoms with Crippen LogP contribution >= 0.6 is 11.6 Å². The molecule has 0 spiro atoms. The van der Waals surface area contributed by atoms with Gasteiger partial charge in [0, 0.05) is 61.5 Å². The number of alkyl halides is 3. The van der Waals surface area contributed by atoms with Crippen LogP contribution in [0.4, 0.5) is 18.9 Å². The van der Waals surface area contributed by atoms with Gasteiger partial charge in [0.2, 0.25) is 0 Å². The van der Waals surface area contributed by atoms with Crippen LogP contribution in [-0.4, -0.2) is 54.5 Å². The molecule has 1 saturated heterocycles. The minimum absolute atomic E-state index is 0.0387. The van der Waals surface area contributed by atoms with Crippen molar-refractivity contribution in [3.63, 3.8) is 0 Å². The molecule has 196 valence electrons. The maximum Gasteiger partial charge on any atom is 0.416 e. The van der Waals surface area contributed by atoms with Crippen LogP contribution in [0.5, 0.6) is 0 Å². The van der Waals surface area contributed by atoms with Gasteiger partial charge in [-0.15, -0.1) is 0 Å². The average Bonchev–Trinajstić information content (AvgIpc) is 2.87. The van der Waals surface area contributed by atoms with E-state index in [4.69, 9.17) is 21.5 Å². The number of ketones is 1. The predicted octanol–water partition coefficient (Wildman–Crippen LogP) is 6.05. The molecule has 1 fully saturated rings. The average molecular weight is 533 g/mol. The Bertz CT molecular complexity index is 1200. The molecule has 0 atom stereocenters. The highest BCUT2D eigenvalue weighted by Crippen LogP contribution is 2.32. The predicted molar refractivity (Wildman–Crippen MR) is 138 cm³/mol. The third-order valence-electron chi connectivity index (χ3n) is 5.92. The zero-order chi connectivity index (χ0) is 27.0. The van der Waals surface area contributed by atoms with Crippen LogP contribution in [0, 0.1) is 0 Å². The van der Waals surface area contributed by atoms with E-state index in [0.717, 1.165) is 44.6 Å². The van der Waals surface area contributed by atoms with Crippen molar-refractivity contribution in [2.45, 2.75) is 19.5 Å². The molecule has 0 amide bonds. The molecule has 3 aromatic carbocycles. The highest BCUT2D eigenvalue weighted by Gasteiger charge is 2.31. The first-order valence-corrected chi connectivity index (χ1v) is 12.1. The topological polar surface area (TPSA) is 60.9 Å². The molecule has 3 aromatic rings. The maximum absolute atomic E-state index is 13.0. The third kappa shape index (κ3) is 8.61. The molecule has 1 aliphatic rings. The van der Waals surface area contributed by atoms with Crippen LogP contribution in [0.1, 0.15) is 34.0 Å². The zero-order valence-electron chi connectivity index (χ0n) is 20.3. The number of hydrogen-bond donors (Lipinski definition) is 1. The molecule has 0 bridgehead atoms. The standard InChI is InChI=1S/C26H24ClF3N2O.C2H4O2/c27-23-9-7-20(8-10-23)25(33)21-4-1-3-19(17-21)11-12-31-13-15-32(16-14-31)24-6-2-5-22(18-24)26(28,29)30;1-2(3)4/h1-10,17-18H,11-16H2;1H3,(H,3,4). The molecule has 1 aliphatic heterocycles. The number of anilines is 1. The van der Waals surface area contributed by atoms with E-state index in [1.165, 1.54) is 12.1 Å². The van der Waals surface area contributed by atoms with Gasteiger partial charge in [0.25, 0.3) is 5.97 Å². The second-order valence-corrected chi connectivity index (χ2v) is 9.12. The van der Waals surface area contributed by atoms with Crippen LogP contribution in [-0.2, 0) is 17.4 Å². The summed E-state index contributed by atoms with van der Waals surface area (Å²) in [6.45, 7) is 4.82. The Morgan fingerprint density at radius 3 is 2.14 bits per heavy atom. The lowest BCUT2D eigenvalue weighted by Gasteiger charge is -2.36. The Kier molecular flexibility index (Phi) is 9.72. The minimum atomic E-state index is -4.33. The first kappa shape index (κ1) is 28.2. The summed E-state index contributed by atoms with van der Waals surface area (Å²) in [5.74, 6) is -0.872. The summed E-state index contributed by atoms with van der Waals surface area (Å²) in [6, 6.07) is 20.0. The zero-order valence-corrected chi connectivity index (χ0v) is 21.1. The number of piperazine rings is 1. The molecule has 9 heteroatoms. The second-order valence-electron chi connectivity index (χ2n) is 8.68. The van der Waals surface area contributed by atoms with Crippen LogP contribution in [0.25, 0.3) is 0 Å². The molecule has 1 heterocycles. The van der Waals surface area contributed by atoms with E-state index in [1.54, 1.807) is 30.3 Å². The molecule has 0 saturated carbocycles. The normalized spacial score (nSPS) is 14.0. The lowest BCUT2D eigenvalue weighted by molar-refractivity contribution is -0.137. The monoisotopic (exact) mass is 532 g/mol. The summed E-state index contributed by atoms with van der Waals surface area (Å²) in [5.41, 5.74) is 2.31. The molecular formula is C28H28ClF3N2O3. The van der Waals surface area contributed by atoms with Gasteiger partial charge in [0.05, 0.1) is 5.56 Å². The number of carboxylic acids is 1. The molecule has 0 unspecified atom stereocenters. The van der Waals surface area contributed by atoms with Gasteiger partial charge < -0.3 is 10.0 Å². The fraction of sp³-hybridized carbons (Fsp3) is 0.286. The largest absolute Gasteiger partial charge is 0.481 e. The summed E-state index contributed by atoms with van der Waals surface area (Å²) < 4.78 is 39.0. The number of hydrogen-bond acceptors (Lipinski definition) is 4. The lowest BCUT2D eigenvalue weighted by atomic mass is 10.0. The quantitative estimate of drug-likeness (QED) is 0.392. The minimum Gasteiger partial charge on any atom is -0.481 e. The summed E-state index contributed by atoms with van der Waals surface area (Å²) in [5, 5.41) is 8.01. The fourth-order valence-electron chi connectivity index (χ4n) is 4.03. The van der Waals surface area contributed by atoms with E-state index in [9.17, 15) is 18.0 Å². The van der Waals surface area contributed by atoms with Crippen molar-refractivity contribution in [3.05, 3.63) is 100 Å². The van der Waals surface area contributed by atoms with Crippen molar-refractivity contribution in [2.24, 2.45) is 0 Å². The van der Waals surface area contributed by atoms with Gasteiger partial charge in [-0.3, -0.25) is 14.5 Å². The lowest BCUT2D eigenvalue weighted by Crippen LogP contribution is -2.47. The van der Waals surface area contributed by atoms with E-state index >= 15 is 0 Å². The van der Waals surface area contributed by atoms with Gasteiger partial charge in [-0.2, -0.15) is 13.2 Å². The highest BCUT2D eigenvalue weighted by atomic mass is 35.5. The number of carbonyl (C=O) groups excluding carboxylic acids is 1. The molecule has 1 N–H and O–H groups in total. The van der Waals surface area contributed by atoms with Gasteiger partial charge in [-0.1, -0.05) is 35.9 Å². The fourth-order valence-corrected chi connectivity index (χ4v) is 4.16. The summed E-state index contributed by atoms with van der Waals surface area (Å²) in [4.78, 5) is 26.0. The summed E-state index contributed by atoms with van der Waals surface area (Å²) in [7, 11) is 0. The number of aliphatic carboxylic acids is 1. The van der Waals surface area contributed by atoms with Crippen LogP contribution in [0.2, 0.25) is 5.02 Å². The van der Waals surface area contributed by atoms with Crippen molar-refractivity contribution >= 4 is 29.0 Å². The van der Waals surface area contributed by atoms with Crippen LogP contribution < -0.4 is 4.90 Å². The van der Waals surface area contributed by atoms with Gasteiger partial charge in [-0.25, -0.2) is 0 Å². The van der Waals surface area contributed by atoms with Gasteiger partial charge in [-0.05, 0) is 60.5 Å². The number of benzene rings is 3. The number of carbonyl (C=O) groups is 2. The van der Waals surface area contributed by atoms with E-state index in [1.807, 2.05) is 29.2 Å². The molecular weight excluding hydrogens is 505 g/mol. The van der Waals surface area contributed by atoms with Crippen molar-refractivity contribution in [3.8, 4) is 0 Å². The van der Waals surface area contributed by atoms with E-state index in [0.29, 0.717) is 34.9 Å². The Hall–Kier alpha value is -3.36.